The lowest BCUT2D eigenvalue weighted by atomic mass is 9.83. The quantitative estimate of drug-likeness (QED) is 0.385. The van der Waals surface area contributed by atoms with Crippen molar-refractivity contribution in [2.75, 3.05) is 0 Å². The summed E-state index contributed by atoms with van der Waals surface area (Å²) in [6.45, 7) is 2.34. The number of nitrogens with zero attached hydrogens (tertiary/aromatic N) is 1. The fourth-order valence-electron chi connectivity index (χ4n) is 4.43. The smallest absolute Gasteiger partial charge is 0.0492 e. The van der Waals surface area contributed by atoms with E-state index in [1.54, 1.807) is 0 Å². The highest BCUT2D eigenvalue weighted by Crippen LogP contribution is 2.40. The molecule has 0 amide bonds. The summed E-state index contributed by atoms with van der Waals surface area (Å²) in [6, 6.07) is 28.3. The maximum Gasteiger partial charge on any atom is 0.0492 e. The van der Waals surface area contributed by atoms with E-state index in [4.69, 9.17) is 0 Å². The summed E-state index contributed by atoms with van der Waals surface area (Å²) in [5, 5.41) is 1.35. The summed E-state index contributed by atoms with van der Waals surface area (Å²) < 4.78 is 2.39. The molecular weight excluding hydrogens is 326 g/mol. The van der Waals surface area contributed by atoms with Crippen LogP contribution in [0, 0.1) is 5.92 Å². The molecule has 1 atom stereocenters. The fraction of sp³-hybridized carbons (Fsp3) is 0.154. The van der Waals surface area contributed by atoms with Crippen LogP contribution >= 0.6 is 0 Å². The molecule has 3 aromatic carbocycles. The first kappa shape index (κ1) is 16.1. The van der Waals surface area contributed by atoms with Crippen molar-refractivity contribution < 1.29 is 0 Å². The van der Waals surface area contributed by atoms with Gasteiger partial charge in [0.2, 0.25) is 0 Å². The van der Waals surface area contributed by atoms with Gasteiger partial charge in [0.1, 0.15) is 0 Å². The van der Waals surface area contributed by atoms with E-state index in [9.17, 15) is 0 Å². The van der Waals surface area contributed by atoms with Gasteiger partial charge in [0.05, 0.1) is 0 Å². The molecule has 1 aromatic heterocycles. The first-order chi connectivity index (χ1) is 13.2. The first-order valence-corrected chi connectivity index (χ1v) is 9.66. The van der Waals surface area contributed by atoms with Crippen molar-refractivity contribution in [2.24, 2.45) is 13.0 Å². The zero-order valence-corrected chi connectivity index (χ0v) is 15.8. The number of hydrogen-bond acceptors (Lipinski definition) is 0. The van der Waals surface area contributed by atoms with Crippen molar-refractivity contribution in [3.8, 4) is 11.1 Å². The number of rotatable bonds is 2. The second-order valence-corrected chi connectivity index (χ2v) is 7.59. The summed E-state index contributed by atoms with van der Waals surface area (Å²) in [4.78, 5) is 0. The number of aryl methyl sites for hydroxylation is 1. The third-order valence-corrected chi connectivity index (χ3v) is 5.91. The van der Waals surface area contributed by atoms with Crippen molar-refractivity contribution in [2.45, 2.75) is 13.3 Å². The molecule has 0 saturated heterocycles. The van der Waals surface area contributed by atoms with Gasteiger partial charge in [0, 0.05) is 29.2 Å². The minimum absolute atomic E-state index is 0.525. The number of benzene rings is 3. The van der Waals surface area contributed by atoms with Crippen molar-refractivity contribution in [1.82, 2.24) is 4.57 Å². The van der Waals surface area contributed by atoms with Crippen molar-refractivity contribution >= 4 is 22.6 Å². The van der Waals surface area contributed by atoms with Gasteiger partial charge in [-0.2, -0.15) is 0 Å². The molecule has 0 radical (unpaired) electrons. The van der Waals surface area contributed by atoms with Crippen LogP contribution in [-0.2, 0) is 13.5 Å². The fourth-order valence-corrected chi connectivity index (χ4v) is 4.43. The highest BCUT2D eigenvalue weighted by atomic mass is 15.0. The van der Waals surface area contributed by atoms with Crippen LogP contribution < -0.4 is 0 Å². The van der Waals surface area contributed by atoms with Crippen molar-refractivity contribution in [3.05, 3.63) is 95.7 Å². The molecule has 0 N–H and O–H groups in total. The van der Waals surface area contributed by atoms with Gasteiger partial charge in [0.15, 0.2) is 0 Å². The van der Waals surface area contributed by atoms with Crippen LogP contribution in [0.2, 0.25) is 0 Å². The lowest BCUT2D eigenvalue weighted by Gasteiger charge is -2.22. The van der Waals surface area contributed by atoms with Gasteiger partial charge < -0.3 is 4.57 Å². The number of fused-ring (bicyclic) bond motifs is 3. The van der Waals surface area contributed by atoms with Crippen LogP contribution in [0.1, 0.15) is 23.7 Å². The zero-order valence-electron chi connectivity index (χ0n) is 15.8. The second-order valence-electron chi connectivity index (χ2n) is 7.59. The van der Waals surface area contributed by atoms with Gasteiger partial charge in [0.25, 0.3) is 0 Å². The Hall–Kier alpha value is -3.06. The highest BCUT2D eigenvalue weighted by Gasteiger charge is 2.24. The molecule has 0 fully saturated rings. The highest BCUT2D eigenvalue weighted by molar-refractivity contribution is 5.99. The molecular formula is C26H23N. The van der Waals surface area contributed by atoms with Crippen LogP contribution in [0.5, 0.6) is 0 Å². The molecule has 4 aromatic rings. The van der Waals surface area contributed by atoms with E-state index >= 15 is 0 Å². The molecule has 1 heterocycles. The summed E-state index contributed by atoms with van der Waals surface area (Å²) in [6.07, 6.45) is 3.51. The average molecular weight is 349 g/mol. The standard InChI is InChI=1S/C26H23N/c1-18-15-25-24(17-23(18)20-11-7-4-8-12-20)22-14-13-21(16-26(22)27(25)2)19-9-5-3-6-10-19/h3-14,16-18H,15H2,1-2H3. The maximum absolute atomic E-state index is 2.42. The molecule has 1 nitrogen and oxygen atoms in total. The third kappa shape index (κ3) is 2.62. The monoisotopic (exact) mass is 349 g/mol. The Morgan fingerprint density at radius 1 is 0.778 bits per heavy atom. The van der Waals surface area contributed by atoms with Crippen LogP contribution in [0.3, 0.4) is 0 Å². The number of hydrogen-bond donors (Lipinski definition) is 0. The minimum Gasteiger partial charge on any atom is -0.347 e. The van der Waals surface area contributed by atoms with Gasteiger partial charge in [-0.15, -0.1) is 0 Å². The first-order valence-electron chi connectivity index (χ1n) is 9.66. The number of aromatic nitrogens is 1. The molecule has 0 bridgehead atoms. The van der Waals surface area contributed by atoms with E-state index in [1.807, 2.05) is 0 Å². The Morgan fingerprint density at radius 3 is 2.15 bits per heavy atom. The molecule has 0 aliphatic heterocycles. The molecule has 1 aliphatic carbocycles. The lowest BCUT2D eigenvalue weighted by molar-refractivity contribution is 0.690. The average Bonchev–Trinajstić information content (AvgIpc) is 3.00. The molecule has 1 aliphatic rings. The van der Waals surface area contributed by atoms with Gasteiger partial charge in [-0.3, -0.25) is 0 Å². The Balaban J connectivity index is 1.69. The molecule has 27 heavy (non-hydrogen) atoms. The second kappa shape index (κ2) is 6.28. The Kier molecular flexibility index (Phi) is 3.75. The minimum atomic E-state index is 0.525. The van der Waals surface area contributed by atoms with E-state index in [-0.39, 0.29) is 0 Å². The maximum atomic E-state index is 2.42. The van der Waals surface area contributed by atoms with Crippen LogP contribution in [0.25, 0.3) is 33.7 Å². The SMILES string of the molecule is CC1Cc2c(c3ccc(-c4ccccc4)cc3n2C)C=C1c1ccccc1. The molecule has 0 saturated carbocycles. The topological polar surface area (TPSA) is 4.93 Å². The predicted octanol–water partition coefficient (Wildman–Crippen LogP) is 6.58. The molecule has 0 spiro atoms. The molecule has 1 heteroatoms. The largest absolute Gasteiger partial charge is 0.347 e. The lowest BCUT2D eigenvalue weighted by Crippen LogP contribution is -2.11. The molecule has 132 valence electrons. The van der Waals surface area contributed by atoms with Gasteiger partial charge in [-0.05, 0) is 46.7 Å². The summed E-state index contributed by atoms with van der Waals surface area (Å²) in [5.74, 6) is 0.525. The van der Waals surface area contributed by atoms with E-state index in [2.05, 4.69) is 103 Å². The van der Waals surface area contributed by atoms with Crippen molar-refractivity contribution in [3.63, 3.8) is 0 Å². The molecule has 5 rings (SSSR count). The van der Waals surface area contributed by atoms with E-state index < -0.39 is 0 Å². The van der Waals surface area contributed by atoms with Crippen LogP contribution in [0.15, 0.2) is 78.9 Å². The normalized spacial score (nSPS) is 16.2. The Bertz CT molecular complexity index is 1150. The molecule has 1 unspecified atom stereocenters. The van der Waals surface area contributed by atoms with Gasteiger partial charge in [-0.25, -0.2) is 0 Å². The van der Waals surface area contributed by atoms with E-state index in [1.165, 1.54) is 44.4 Å². The third-order valence-electron chi connectivity index (χ3n) is 5.91. The van der Waals surface area contributed by atoms with E-state index in [0.29, 0.717) is 5.92 Å². The Morgan fingerprint density at radius 2 is 1.44 bits per heavy atom. The zero-order chi connectivity index (χ0) is 18.4. The van der Waals surface area contributed by atoms with Crippen LogP contribution in [0.4, 0.5) is 0 Å². The van der Waals surface area contributed by atoms with Gasteiger partial charge in [-0.1, -0.05) is 79.7 Å². The van der Waals surface area contributed by atoms with E-state index in [0.717, 1.165) is 6.42 Å². The Labute approximate surface area is 160 Å². The number of allylic oxidation sites excluding steroid dienone is 1. The van der Waals surface area contributed by atoms with Crippen LogP contribution in [-0.4, -0.2) is 4.57 Å². The summed E-state index contributed by atoms with van der Waals surface area (Å²) in [5.41, 5.74) is 9.50. The van der Waals surface area contributed by atoms with Gasteiger partial charge >= 0.3 is 0 Å². The van der Waals surface area contributed by atoms with Crippen molar-refractivity contribution in [1.29, 1.82) is 0 Å². The predicted molar refractivity (Wildman–Crippen MR) is 116 cm³/mol. The summed E-state index contributed by atoms with van der Waals surface area (Å²) in [7, 11) is 2.21. The summed E-state index contributed by atoms with van der Waals surface area (Å²) >= 11 is 0.